The summed E-state index contributed by atoms with van der Waals surface area (Å²) in [5.41, 5.74) is 2.75. The van der Waals surface area contributed by atoms with Gasteiger partial charge in [-0.2, -0.15) is 0 Å². The molecule has 158 valence electrons. The molecule has 0 radical (unpaired) electrons. The predicted octanol–water partition coefficient (Wildman–Crippen LogP) is 2.58. The summed E-state index contributed by atoms with van der Waals surface area (Å²) in [6.45, 7) is 7.94. The average Bonchev–Trinajstić information content (AvgIpc) is 3.05. The van der Waals surface area contributed by atoms with Gasteiger partial charge in [-0.25, -0.2) is 0 Å². The van der Waals surface area contributed by atoms with Crippen molar-refractivity contribution in [2.24, 2.45) is 4.99 Å². The third-order valence-electron chi connectivity index (χ3n) is 5.54. The lowest BCUT2D eigenvalue weighted by atomic mass is 10.1. The molecular weight excluding hydrogens is 362 g/mol. The summed E-state index contributed by atoms with van der Waals surface area (Å²) in [6.07, 6.45) is 8.07. The number of nitrogens with zero attached hydrogens (tertiary/aromatic N) is 5. The van der Waals surface area contributed by atoms with Crippen LogP contribution in [0.4, 0.5) is 0 Å². The minimum Gasteiger partial charge on any atom is -0.355 e. The first-order valence-electron chi connectivity index (χ1n) is 10.9. The molecule has 1 aliphatic heterocycles. The molecule has 1 fully saturated rings. The van der Waals surface area contributed by atoms with Crippen LogP contribution in [0.25, 0.3) is 0 Å². The van der Waals surface area contributed by atoms with E-state index in [-0.39, 0.29) is 0 Å². The third-order valence-corrected chi connectivity index (χ3v) is 5.54. The minimum atomic E-state index is 0.774. The fraction of sp³-hybridized carbons (Fsp3) is 0.591. The van der Waals surface area contributed by atoms with E-state index in [1.807, 2.05) is 7.05 Å². The van der Waals surface area contributed by atoms with Gasteiger partial charge in [-0.3, -0.25) is 9.89 Å². The van der Waals surface area contributed by atoms with Crippen molar-refractivity contribution in [1.29, 1.82) is 0 Å². The molecule has 0 bridgehead atoms. The molecule has 1 aromatic heterocycles. The number of benzene rings is 1. The fourth-order valence-electron chi connectivity index (χ4n) is 3.85. The summed E-state index contributed by atoms with van der Waals surface area (Å²) in [6, 6.07) is 8.75. The van der Waals surface area contributed by atoms with Gasteiger partial charge in [0, 0.05) is 39.6 Å². The molecule has 0 saturated carbocycles. The molecule has 7 nitrogen and oxygen atoms in total. The molecule has 2 aromatic rings. The number of guanidine groups is 1. The van der Waals surface area contributed by atoms with Crippen LogP contribution >= 0.6 is 0 Å². The molecule has 7 heteroatoms. The Labute approximate surface area is 174 Å². The number of hydrogen-bond donors (Lipinski definition) is 2. The standard InChI is InChI=1S/C22H35N7/c1-3-21-27-26-18-29(21)15-12-24-22(23-2)25-16-19-10-6-7-11-20(19)17-28-13-8-4-5-9-14-28/h6-7,10-11,18H,3-5,8-9,12-17H2,1-2H3,(H2,23,24,25). The van der Waals surface area contributed by atoms with E-state index in [0.29, 0.717) is 0 Å². The average molecular weight is 398 g/mol. The van der Waals surface area contributed by atoms with E-state index in [1.165, 1.54) is 49.9 Å². The number of likely N-dealkylation sites (tertiary alicyclic amines) is 1. The van der Waals surface area contributed by atoms with E-state index in [2.05, 4.69) is 66.5 Å². The molecule has 2 heterocycles. The van der Waals surface area contributed by atoms with Gasteiger partial charge in [-0.1, -0.05) is 44.0 Å². The summed E-state index contributed by atoms with van der Waals surface area (Å²) in [5.74, 6) is 1.83. The Balaban J connectivity index is 1.50. The molecular formula is C22H35N7. The van der Waals surface area contributed by atoms with E-state index >= 15 is 0 Å². The second-order valence-electron chi connectivity index (χ2n) is 7.61. The Bertz CT molecular complexity index is 760. The van der Waals surface area contributed by atoms with Gasteiger partial charge in [-0.15, -0.1) is 10.2 Å². The molecule has 3 rings (SSSR count). The molecule has 1 saturated heterocycles. The molecule has 1 aliphatic rings. The maximum Gasteiger partial charge on any atom is 0.191 e. The summed E-state index contributed by atoms with van der Waals surface area (Å²) >= 11 is 0. The molecule has 0 spiro atoms. The highest BCUT2D eigenvalue weighted by molar-refractivity contribution is 5.79. The van der Waals surface area contributed by atoms with Crippen LogP contribution in [0.5, 0.6) is 0 Å². The highest BCUT2D eigenvalue weighted by atomic mass is 15.3. The molecule has 1 aromatic carbocycles. The van der Waals surface area contributed by atoms with Gasteiger partial charge in [-0.05, 0) is 37.1 Å². The van der Waals surface area contributed by atoms with E-state index in [9.17, 15) is 0 Å². The minimum absolute atomic E-state index is 0.774. The van der Waals surface area contributed by atoms with Crippen LogP contribution in [0.1, 0.15) is 49.6 Å². The zero-order valence-electron chi connectivity index (χ0n) is 17.9. The van der Waals surface area contributed by atoms with Gasteiger partial charge < -0.3 is 15.2 Å². The maximum absolute atomic E-state index is 4.37. The van der Waals surface area contributed by atoms with Crippen LogP contribution in [-0.2, 0) is 26.1 Å². The normalized spacial score (nSPS) is 15.9. The van der Waals surface area contributed by atoms with Crippen molar-refractivity contribution in [2.45, 2.75) is 58.7 Å². The summed E-state index contributed by atoms with van der Waals surface area (Å²) in [5, 5.41) is 15.0. The zero-order valence-corrected chi connectivity index (χ0v) is 17.9. The number of aromatic nitrogens is 3. The SMILES string of the molecule is CCc1nncn1CCNC(=NC)NCc1ccccc1CN1CCCCCC1. The van der Waals surface area contributed by atoms with Crippen LogP contribution in [-0.4, -0.2) is 52.3 Å². The van der Waals surface area contributed by atoms with Gasteiger partial charge in [0.15, 0.2) is 5.96 Å². The quantitative estimate of drug-likeness (QED) is 0.529. The van der Waals surface area contributed by atoms with Gasteiger partial charge in [0.25, 0.3) is 0 Å². The first kappa shape index (κ1) is 21.3. The molecule has 2 N–H and O–H groups in total. The Kier molecular flexibility index (Phi) is 8.49. The summed E-state index contributed by atoms with van der Waals surface area (Å²) in [4.78, 5) is 6.97. The lowest BCUT2D eigenvalue weighted by molar-refractivity contribution is 0.276. The van der Waals surface area contributed by atoms with E-state index < -0.39 is 0 Å². The van der Waals surface area contributed by atoms with Crippen molar-refractivity contribution in [3.05, 3.63) is 47.5 Å². The van der Waals surface area contributed by atoms with Gasteiger partial charge in [0.05, 0.1) is 0 Å². The van der Waals surface area contributed by atoms with Crippen molar-refractivity contribution < 1.29 is 0 Å². The molecule has 0 atom stereocenters. The Morgan fingerprint density at radius 1 is 1.07 bits per heavy atom. The number of aryl methyl sites for hydroxylation is 1. The number of rotatable bonds is 8. The van der Waals surface area contributed by atoms with Gasteiger partial charge in [0.2, 0.25) is 0 Å². The van der Waals surface area contributed by atoms with Gasteiger partial charge in [0.1, 0.15) is 12.2 Å². The van der Waals surface area contributed by atoms with Crippen LogP contribution in [0, 0.1) is 0 Å². The summed E-state index contributed by atoms with van der Waals surface area (Å²) in [7, 11) is 1.81. The lowest BCUT2D eigenvalue weighted by Gasteiger charge is -2.22. The first-order chi connectivity index (χ1) is 14.3. The van der Waals surface area contributed by atoms with Crippen molar-refractivity contribution in [2.75, 3.05) is 26.7 Å². The molecule has 0 amide bonds. The maximum atomic E-state index is 4.37. The highest BCUT2D eigenvalue weighted by Crippen LogP contribution is 2.16. The Hall–Kier alpha value is -2.41. The fourth-order valence-corrected chi connectivity index (χ4v) is 3.85. The van der Waals surface area contributed by atoms with Crippen molar-refractivity contribution >= 4 is 5.96 Å². The van der Waals surface area contributed by atoms with E-state index in [0.717, 1.165) is 44.4 Å². The lowest BCUT2D eigenvalue weighted by Crippen LogP contribution is -2.38. The van der Waals surface area contributed by atoms with Crippen LogP contribution in [0.3, 0.4) is 0 Å². The second kappa shape index (κ2) is 11.6. The smallest absolute Gasteiger partial charge is 0.191 e. The van der Waals surface area contributed by atoms with E-state index in [1.54, 1.807) is 6.33 Å². The number of aliphatic imine (C=N–C) groups is 1. The van der Waals surface area contributed by atoms with Crippen molar-refractivity contribution in [1.82, 2.24) is 30.3 Å². The number of nitrogens with one attached hydrogen (secondary N) is 2. The zero-order chi connectivity index (χ0) is 20.3. The van der Waals surface area contributed by atoms with Crippen LogP contribution < -0.4 is 10.6 Å². The largest absolute Gasteiger partial charge is 0.355 e. The van der Waals surface area contributed by atoms with E-state index in [4.69, 9.17) is 0 Å². The summed E-state index contributed by atoms with van der Waals surface area (Å²) < 4.78 is 2.08. The first-order valence-corrected chi connectivity index (χ1v) is 10.9. The Morgan fingerprint density at radius 3 is 2.55 bits per heavy atom. The van der Waals surface area contributed by atoms with Crippen molar-refractivity contribution in [3.8, 4) is 0 Å². The molecule has 0 unspecified atom stereocenters. The highest BCUT2D eigenvalue weighted by Gasteiger charge is 2.12. The van der Waals surface area contributed by atoms with Crippen molar-refractivity contribution in [3.63, 3.8) is 0 Å². The van der Waals surface area contributed by atoms with Gasteiger partial charge >= 0.3 is 0 Å². The molecule has 29 heavy (non-hydrogen) atoms. The third kappa shape index (κ3) is 6.56. The topological polar surface area (TPSA) is 70.4 Å². The monoisotopic (exact) mass is 397 g/mol. The second-order valence-corrected chi connectivity index (χ2v) is 7.61. The predicted molar refractivity (Wildman–Crippen MR) is 118 cm³/mol. The Morgan fingerprint density at radius 2 is 1.83 bits per heavy atom. The van der Waals surface area contributed by atoms with Crippen LogP contribution in [0.15, 0.2) is 35.6 Å². The number of hydrogen-bond acceptors (Lipinski definition) is 4. The van der Waals surface area contributed by atoms with Crippen LogP contribution in [0.2, 0.25) is 0 Å². The molecule has 0 aliphatic carbocycles.